The van der Waals surface area contributed by atoms with Gasteiger partial charge in [-0.05, 0) is 42.3 Å². The number of amides is 1. The van der Waals surface area contributed by atoms with E-state index in [-0.39, 0.29) is 18.6 Å². The number of pyridine rings is 1. The molecule has 0 saturated carbocycles. The summed E-state index contributed by atoms with van der Waals surface area (Å²) in [6.07, 6.45) is 2.60. The van der Waals surface area contributed by atoms with Gasteiger partial charge in [0.2, 0.25) is 0 Å². The number of ether oxygens (including phenoxy) is 1. The van der Waals surface area contributed by atoms with Crippen molar-refractivity contribution in [1.82, 2.24) is 10.3 Å². The molecule has 2 aromatic carbocycles. The first-order valence-corrected chi connectivity index (χ1v) is 9.76. The number of halogens is 1. The van der Waals surface area contributed by atoms with E-state index in [0.717, 1.165) is 17.6 Å². The summed E-state index contributed by atoms with van der Waals surface area (Å²) < 4.78 is 5.73. The van der Waals surface area contributed by atoms with Crippen molar-refractivity contribution in [3.63, 3.8) is 0 Å². The second-order valence-corrected chi connectivity index (χ2v) is 7.57. The summed E-state index contributed by atoms with van der Waals surface area (Å²) in [5.41, 5.74) is 1.84. The molecule has 2 heterocycles. The minimum Gasteiger partial charge on any atom is -0.481 e. The Bertz CT molecular complexity index is 963. The molecule has 0 radical (unpaired) electrons. The molecule has 1 aliphatic rings. The molecule has 3 aromatic rings. The van der Waals surface area contributed by atoms with Gasteiger partial charge in [-0.1, -0.05) is 29.8 Å². The average molecular weight is 385 g/mol. The molecule has 0 aliphatic carbocycles. The van der Waals surface area contributed by atoms with Gasteiger partial charge in [0, 0.05) is 22.2 Å². The summed E-state index contributed by atoms with van der Waals surface area (Å²) in [6, 6.07) is 15.4. The summed E-state index contributed by atoms with van der Waals surface area (Å²) in [4.78, 5) is 18.0. The summed E-state index contributed by atoms with van der Waals surface area (Å²) in [5.74, 6) is 1.41. The Hall–Kier alpha value is -2.24. The number of thioether (sulfide) groups is 1. The zero-order valence-electron chi connectivity index (χ0n) is 13.9. The fourth-order valence-corrected chi connectivity index (χ4v) is 4.44. The number of hydrogen-bond donors (Lipinski definition) is 1. The third kappa shape index (κ3) is 3.50. The highest BCUT2D eigenvalue weighted by Gasteiger charge is 2.22. The third-order valence-electron chi connectivity index (χ3n) is 4.33. The number of nitrogens with zero attached hydrogens (tertiary/aromatic N) is 1. The van der Waals surface area contributed by atoms with Crippen LogP contribution < -0.4 is 10.1 Å². The van der Waals surface area contributed by atoms with Crippen molar-refractivity contribution in [2.75, 3.05) is 12.4 Å². The van der Waals surface area contributed by atoms with Crippen LogP contribution in [0.25, 0.3) is 10.9 Å². The Labute approximate surface area is 160 Å². The number of benzene rings is 2. The Morgan fingerprint density at radius 3 is 3.04 bits per heavy atom. The van der Waals surface area contributed by atoms with E-state index >= 15 is 0 Å². The van der Waals surface area contributed by atoms with Gasteiger partial charge in [0.25, 0.3) is 5.91 Å². The van der Waals surface area contributed by atoms with Crippen LogP contribution in [0.2, 0.25) is 5.02 Å². The molecule has 1 atom stereocenters. The lowest BCUT2D eigenvalue weighted by molar-refractivity contribution is -0.123. The van der Waals surface area contributed by atoms with E-state index in [1.807, 2.05) is 36.0 Å². The van der Waals surface area contributed by atoms with E-state index in [9.17, 15) is 4.79 Å². The number of hydrogen-bond acceptors (Lipinski definition) is 4. The van der Waals surface area contributed by atoms with Crippen molar-refractivity contribution in [2.45, 2.75) is 17.4 Å². The van der Waals surface area contributed by atoms with Crippen LogP contribution in [0, 0.1) is 0 Å². The van der Waals surface area contributed by atoms with Gasteiger partial charge in [-0.25, -0.2) is 0 Å². The first-order chi connectivity index (χ1) is 12.7. The molecule has 4 rings (SSSR count). The molecule has 1 amide bonds. The lowest BCUT2D eigenvalue weighted by atomic mass is 10.0. The Kier molecular flexibility index (Phi) is 5.00. The van der Waals surface area contributed by atoms with Crippen molar-refractivity contribution < 1.29 is 9.53 Å². The van der Waals surface area contributed by atoms with Crippen molar-refractivity contribution in [3.8, 4) is 5.75 Å². The number of rotatable bonds is 4. The van der Waals surface area contributed by atoms with Gasteiger partial charge in [0.15, 0.2) is 6.61 Å². The number of fused-ring (bicyclic) bond motifs is 2. The molecule has 1 aromatic heterocycles. The Balaban J connectivity index is 1.45. The average Bonchev–Trinajstić information content (AvgIpc) is 2.68. The lowest BCUT2D eigenvalue weighted by Crippen LogP contribution is -2.34. The van der Waals surface area contributed by atoms with Crippen molar-refractivity contribution >= 4 is 40.2 Å². The molecular weight excluding hydrogens is 368 g/mol. The number of carbonyl (C=O) groups is 1. The zero-order valence-corrected chi connectivity index (χ0v) is 15.5. The van der Waals surface area contributed by atoms with Crippen LogP contribution in [-0.4, -0.2) is 23.3 Å². The summed E-state index contributed by atoms with van der Waals surface area (Å²) in [7, 11) is 0. The van der Waals surface area contributed by atoms with Gasteiger partial charge >= 0.3 is 0 Å². The van der Waals surface area contributed by atoms with Gasteiger partial charge < -0.3 is 10.1 Å². The maximum Gasteiger partial charge on any atom is 0.258 e. The predicted octanol–water partition coefficient (Wildman–Crippen LogP) is 4.62. The molecule has 0 fully saturated rings. The topological polar surface area (TPSA) is 51.2 Å². The molecule has 1 unspecified atom stereocenters. The molecule has 0 spiro atoms. The molecule has 132 valence electrons. The van der Waals surface area contributed by atoms with Crippen LogP contribution in [0.3, 0.4) is 0 Å². The molecule has 0 bridgehead atoms. The molecule has 1 aliphatic heterocycles. The Morgan fingerprint density at radius 2 is 2.12 bits per heavy atom. The molecule has 1 N–H and O–H groups in total. The van der Waals surface area contributed by atoms with E-state index in [2.05, 4.69) is 22.4 Å². The van der Waals surface area contributed by atoms with E-state index in [1.54, 1.807) is 18.3 Å². The van der Waals surface area contributed by atoms with E-state index < -0.39 is 0 Å². The molecule has 4 nitrogen and oxygen atoms in total. The SMILES string of the molecule is O=C(COc1ccc(Cl)c2cccnc12)NC1CCSc2ccccc21. The largest absolute Gasteiger partial charge is 0.481 e. The lowest BCUT2D eigenvalue weighted by Gasteiger charge is -2.25. The van der Waals surface area contributed by atoms with E-state index in [1.165, 1.54) is 10.5 Å². The van der Waals surface area contributed by atoms with Crippen LogP contribution in [-0.2, 0) is 4.79 Å². The van der Waals surface area contributed by atoms with Crippen LogP contribution in [0.5, 0.6) is 5.75 Å². The number of aromatic nitrogens is 1. The number of nitrogens with one attached hydrogen (secondary N) is 1. The van der Waals surface area contributed by atoms with Gasteiger partial charge in [-0.3, -0.25) is 9.78 Å². The van der Waals surface area contributed by atoms with Gasteiger partial charge in [0.05, 0.1) is 11.1 Å². The fraction of sp³-hybridized carbons (Fsp3) is 0.200. The van der Waals surface area contributed by atoms with E-state index in [0.29, 0.717) is 16.3 Å². The minimum atomic E-state index is -0.143. The maximum absolute atomic E-state index is 12.4. The Morgan fingerprint density at radius 1 is 1.23 bits per heavy atom. The van der Waals surface area contributed by atoms with Gasteiger partial charge in [-0.15, -0.1) is 11.8 Å². The molecule has 6 heteroatoms. The van der Waals surface area contributed by atoms with E-state index in [4.69, 9.17) is 16.3 Å². The molecule has 0 saturated heterocycles. The second kappa shape index (κ2) is 7.56. The van der Waals surface area contributed by atoms with Gasteiger partial charge in [0.1, 0.15) is 11.3 Å². The van der Waals surface area contributed by atoms with Crippen molar-refractivity contribution in [1.29, 1.82) is 0 Å². The van der Waals surface area contributed by atoms with Crippen LogP contribution in [0.15, 0.2) is 59.6 Å². The highest BCUT2D eigenvalue weighted by Crippen LogP contribution is 2.35. The highest BCUT2D eigenvalue weighted by molar-refractivity contribution is 7.99. The highest BCUT2D eigenvalue weighted by atomic mass is 35.5. The summed E-state index contributed by atoms with van der Waals surface area (Å²) in [6.45, 7) is -0.0564. The second-order valence-electron chi connectivity index (χ2n) is 6.03. The monoisotopic (exact) mass is 384 g/mol. The standard InChI is InChI=1S/C20H17ClN2O2S/c21-15-7-8-17(20-13(15)5-3-10-22-20)25-12-19(24)23-16-9-11-26-18-6-2-1-4-14(16)18/h1-8,10,16H,9,11-12H2,(H,23,24). The van der Waals surface area contributed by atoms with Crippen molar-refractivity contribution in [3.05, 3.63) is 65.3 Å². The maximum atomic E-state index is 12.4. The predicted molar refractivity (Wildman–Crippen MR) is 105 cm³/mol. The first-order valence-electron chi connectivity index (χ1n) is 8.39. The molecule has 26 heavy (non-hydrogen) atoms. The summed E-state index contributed by atoms with van der Waals surface area (Å²) >= 11 is 8.02. The smallest absolute Gasteiger partial charge is 0.258 e. The van der Waals surface area contributed by atoms with Crippen LogP contribution in [0.1, 0.15) is 18.0 Å². The normalized spacial score (nSPS) is 16.1. The quantitative estimate of drug-likeness (QED) is 0.713. The van der Waals surface area contributed by atoms with Crippen LogP contribution in [0.4, 0.5) is 0 Å². The van der Waals surface area contributed by atoms with Crippen molar-refractivity contribution in [2.24, 2.45) is 0 Å². The molecular formula is C20H17ClN2O2S. The van der Waals surface area contributed by atoms with Gasteiger partial charge in [-0.2, -0.15) is 0 Å². The third-order valence-corrected chi connectivity index (χ3v) is 5.78. The minimum absolute atomic E-state index is 0.0311. The zero-order chi connectivity index (χ0) is 17.9. The first kappa shape index (κ1) is 17.2. The summed E-state index contributed by atoms with van der Waals surface area (Å²) in [5, 5.41) is 4.50. The number of carbonyl (C=O) groups excluding carboxylic acids is 1. The van der Waals surface area contributed by atoms with Crippen LogP contribution >= 0.6 is 23.4 Å². The fourth-order valence-electron chi connectivity index (χ4n) is 3.10.